The van der Waals surface area contributed by atoms with E-state index in [-0.39, 0.29) is 5.91 Å². The molecule has 0 aliphatic carbocycles. The summed E-state index contributed by atoms with van der Waals surface area (Å²) in [5, 5.41) is 3.47. The first-order valence-electron chi connectivity index (χ1n) is 7.15. The van der Waals surface area contributed by atoms with Crippen molar-refractivity contribution in [2.75, 3.05) is 17.7 Å². The van der Waals surface area contributed by atoms with Gasteiger partial charge in [0.2, 0.25) is 5.91 Å². The highest BCUT2D eigenvalue weighted by Gasteiger charge is 2.06. The molecular formula is C17H19ClN2O2. The lowest BCUT2D eigenvalue weighted by Crippen LogP contribution is -2.12. The van der Waals surface area contributed by atoms with Crippen molar-refractivity contribution < 1.29 is 9.53 Å². The van der Waals surface area contributed by atoms with E-state index in [4.69, 9.17) is 22.1 Å². The van der Waals surface area contributed by atoms with Crippen molar-refractivity contribution in [3.63, 3.8) is 0 Å². The fourth-order valence-electron chi connectivity index (χ4n) is 2.05. The van der Waals surface area contributed by atoms with Crippen LogP contribution in [0.3, 0.4) is 0 Å². The van der Waals surface area contributed by atoms with Gasteiger partial charge in [-0.3, -0.25) is 4.79 Å². The number of carbonyl (C=O) groups excluding carboxylic acids is 1. The molecule has 0 unspecified atom stereocenters. The zero-order valence-electron chi connectivity index (χ0n) is 12.4. The fourth-order valence-corrected chi connectivity index (χ4v) is 2.18. The number of nitrogens with one attached hydrogen (secondary N) is 1. The van der Waals surface area contributed by atoms with Gasteiger partial charge in [-0.2, -0.15) is 0 Å². The number of hydrogen-bond acceptors (Lipinski definition) is 3. The molecule has 0 saturated heterocycles. The number of benzene rings is 2. The van der Waals surface area contributed by atoms with Gasteiger partial charge in [0.1, 0.15) is 5.75 Å². The molecular weight excluding hydrogens is 300 g/mol. The number of nitrogens with two attached hydrogens (primary N) is 1. The summed E-state index contributed by atoms with van der Waals surface area (Å²) in [6, 6.07) is 12.6. The summed E-state index contributed by atoms with van der Waals surface area (Å²) in [7, 11) is 0. The number of carbonyl (C=O) groups is 1. The normalized spacial score (nSPS) is 10.3. The number of aryl methyl sites for hydroxylation is 1. The van der Waals surface area contributed by atoms with Gasteiger partial charge >= 0.3 is 0 Å². The van der Waals surface area contributed by atoms with Crippen LogP contribution >= 0.6 is 11.6 Å². The fraction of sp³-hybridized carbons (Fsp3) is 0.235. The van der Waals surface area contributed by atoms with Crippen LogP contribution in [0.25, 0.3) is 0 Å². The summed E-state index contributed by atoms with van der Waals surface area (Å²) < 4.78 is 5.39. The van der Waals surface area contributed by atoms with Crippen LogP contribution in [0.2, 0.25) is 5.02 Å². The van der Waals surface area contributed by atoms with Crippen molar-refractivity contribution in [3.8, 4) is 5.75 Å². The smallest absolute Gasteiger partial charge is 0.224 e. The second-order valence-corrected chi connectivity index (χ2v) is 5.30. The predicted molar refractivity (Wildman–Crippen MR) is 90.4 cm³/mol. The van der Waals surface area contributed by atoms with E-state index in [1.165, 1.54) is 0 Å². The molecule has 0 radical (unpaired) electrons. The summed E-state index contributed by atoms with van der Waals surface area (Å²) in [5.41, 5.74) is 8.25. The lowest BCUT2D eigenvalue weighted by Gasteiger charge is -2.09. The van der Waals surface area contributed by atoms with Crippen LogP contribution in [-0.2, 0) is 11.2 Å². The Bertz CT molecular complexity index is 642. The van der Waals surface area contributed by atoms with E-state index in [0.717, 1.165) is 11.3 Å². The van der Waals surface area contributed by atoms with E-state index in [2.05, 4.69) is 5.32 Å². The Morgan fingerprint density at radius 2 is 1.95 bits per heavy atom. The number of amides is 1. The Hall–Kier alpha value is -2.20. The van der Waals surface area contributed by atoms with Crippen LogP contribution in [0.4, 0.5) is 11.4 Å². The monoisotopic (exact) mass is 318 g/mol. The molecule has 5 heteroatoms. The summed E-state index contributed by atoms with van der Waals surface area (Å²) >= 11 is 5.80. The molecule has 0 bridgehead atoms. The minimum Gasteiger partial charge on any atom is -0.492 e. The lowest BCUT2D eigenvalue weighted by atomic mass is 10.1. The third kappa shape index (κ3) is 4.67. The van der Waals surface area contributed by atoms with Gasteiger partial charge in [0.15, 0.2) is 0 Å². The standard InChI is InChI=1S/C17H19ClN2O2/c1-2-22-16-9-3-12(11-15(16)19)4-10-17(21)20-14-7-5-13(18)6-8-14/h3,5-9,11H,2,4,10,19H2,1H3,(H,20,21). The molecule has 0 atom stereocenters. The van der Waals surface area contributed by atoms with Crippen LogP contribution in [0, 0.1) is 0 Å². The highest BCUT2D eigenvalue weighted by atomic mass is 35.5. The summed E-state index contributed by atoms with van der Waals surface area (Å²) in [6.07, 6.45) is 1.01. The Morgan fingerprint density at radius 1 is 1.23 bits per heavy atom. The molecule has 0 spiro atoms. The molecule has 0 aromatic heterocycles. The van der Waals surface area contributed by atoms with Gasteiger partial charge in [0.25, 0.3) is 0 Å². The summed E-state index contributed by atoms with van der Waals surface area (Å²) in [5.74, 6) is 0.631. The minimum atomic E-state index is -0.0465. The third-order valence-electron chi connectivity index (χ3n) is 3.14. The largest absolute Gasteiger partial charge is 0.492 e. The molecule has 2 rings (SSSR count). The van der Waals surface area contributed by atoms with E-state index < -0.39 is 0 Å². The molecule has 2 aromatic rings. The van der Waals surface area contributed by atoms with Gasteiger partial charge in [-0.25, -0.2) is 0 Å². The van der Waals surface area contributed by atoms with Gasteiger partial charge in [0.05, 0.1) is 12.3 Å². The average Bonchev–Trinajstić information content (AvgIpc) is 2.50. The van der Waals surface area contributed by atoms with E-state index in [9.17, 15) is 4.79 Å². The average molecular weight is 319 g/mol. The molecule has 22 heavy (non-hydrogen) atoms. The number of rotatable bonds is 6. The Kier molecular flexibility index (Phi) is 5.67. The van der Waals surface area contributed by atoms with E-state index >= 15 is 0 Å². The van der Waals surface area contributed by atoms with Crippen molar-refractivity contribution in [3.05, 3.63) is 53.1 Å². The molecule has 3 N–H and O–H groups in total. The van der Waals surface area contributed by atoms with Gasteiger partial charge in [-0.05, 0) is 55.3 Å². The second-order valence-electron chi connectivity index (χ2n) is 4.86. The van der Waals surface area contributed by atoms with Crippen LogP contribution in [0.15, 0.2) is 42.5 Å². The lowest BCUT2D eigenvalue weighted by molar-refractivity contribution is -0.116. The van der Waals surface area contributed by atoms with E-state index in [1.807, 2.05) is 25.1 Å². The highest BCUT2D eigenvalue weighted by Crippen LogP contribution is 2.23. The third-order valence-corrected chi connectivity index (χ3v) is 3.39. The SMILES string of the molecule is CCOc1ccc(CCC(=O)Nc2ccc(Cl)cc2)cc1N. The number of nitrogen functional groups attached to an aromatic ring is 1. The number of hydrogen-bond donors (Lipinski definition) is 2. The minimum absolute atomic E-state index is 0.0465. The van der Waals surface area contributed by atoms with Gasteiger partial charge in [-0.1, -0.05) is 17.7 Å². The van der Waals surface area contributed by atoms with Crippen molar-refractivity contribution in [2.24, 2.45) is 0 Å². The van der Waals surface area contributed by atoms with Crippen LogP contribution in [0.5, 0.6) is 5.75 Å². The highest BCUT2D eigenvalue weighted by molar-refractivity contribution is 6.30. The Labute approximate surface area is 135 Å². The molecule has 0 heterocycles. The van der Waals surface area contributed by atoms with Gasteiger partial charge in [0, 0.05) is 17.1 Å². The van der Waals surface area contributed by atoms with Gasteiger partial charge in [-0.15, -0.1) is 0 Å². The van der Waals surface area contributed by atoms with Crippen molar-refractivity contribution >= 4 is 28.9 Å². The first kappa shape index (κ1) is 16.2. The maximum atomic E-state index is 11.9. The Morgan fingerprint density at radius 3 is 2.59 bits per heavy atom. The molecule has 0 aliphatic heterocycles. The molecule has 4 nitrogen and oxygen atoms in total. The predicted octanol–water partition coefficient (Wildman–Crippen LogP) is 3.89. The van der Waals surface area contributed by atoms with E-state index in [0.29, 0.717) is 35.9 Å². The maximum Gasteiger partial charge on any atom is 0.224 e. The van der Waals surface area contributed by atoms with Crippen molar-refractivity contribution in [1.82, 2.24) is 0 Å². The molecule has 1 amide bonds. The summed E-state index contributed by atoms with van der Waals surface area (Å²) in [4.78, 5) is 11.9. The quantitative estimate of drug-likeness (QED) is 0.794. The van der Waals surface area contributed by atoms with Crippen molar-refractivity contribution in [1.29, 1.82) is 0 Å². The van der Waals surface area contributed by atoms with Crippen LogP contribution < -0.4 is 15.8 Å². The molecule has 0 fully saturated rings. The number of ether oxygens (including phenoxy) is 1. The van der Waals surface area contributed by atoms with Crippen molar-refractivity contribution in [2.45, 2.75) is 19.8 Å². The molecule has 2 aromatic carbocycles. The zero-order chi connectivity index (χ0) is 15.9. The first-order chi connectivity index (χ1) is 10.6. The molecule has 116 valence electrons. The molecule has 0 aliphatic rings. The first-order valence-corrected chi connectivity index (χ1v) is 7.53. The second kappa shape index (κ2) is 7.71. The van der Waals surface area contributed by atoms with Crippen LogP contribution in [0.1, 0.15) is 18.9 Å². The topological polar surface area (TPSA) is 64.3 Å². The zero-order valence-corrected chi connectivity index (χ0v) is 13.2. The number of halogens is 1. The molecule has 0 saturated carbocycles. The van der Waals surface area contributed by atoms with Gasteiger partial charge < -0.3 is 15.8 Å². The van der Waals surface area contributed by atoms with E-state index in [1.54, 1.807) is 24.3 Å². The number of anilines is 2. The van der Waals surface area contributed by atoms with Crippen LogP contribution in [-0.4, -0.2) is 12.5 Å². The Balaban J connectivity index is 1.88. The summed E-state index contributed by atoms with van der Waals surface area (Å²) in [6.45, 7) is 2.49. The maximum absolute atomic E-state index is 11.9.